The molecule has 19 heavy (non-hydrogen) atoms. The van der Waals surface area contributed by atoms with E-state index >= 15 is 0 Å². The molecule has 0 fully saturated rings. The number of nitrogens with one attached hydrogen (secondary N) is 1. The minimum atomic E-state index is -0.510. The van der Waals surface area contributed by atoms with Gasteiger partial charge in [0.1, 0.15) is 0 Å². The molecule has 8 nitrogen and oxygen atoms in total. The van der Waals surface area contributed by atoms with E-state index < -0.39 is 4.92 Å². The van der Waals surface area contributed by atoms with Gasteiger partial charge in [0, 0.05) is 29.6 Å². The standard InChI is InChI=1S/C11H13N5O3/c12-15-14-7-3-6-13-11(17)8-9-4-1-2-5-10(9)16(18)19/h1-2,4-5H,3,6-8H2,(H,13,17). The number of carbonyl (C=O) groups excluding carboxylic acids is 1. The highest BCUT2D eigenvalue weighted by atomic mass is 16.6. The molecule has 8 heteroatoms. The fourth-order valence-electron chi connectivity index (χ4n) is 1.50. The van der Waals surface area contributed by atoms with E-state index in [1.807, 2.05) is 0 Å². The van der Waals surface area contributed by atoms with Crippen molar-refractivity contribution in [1.29, 1.82) is 0 Å². The molecule has 0 spiro atoms. The summed E-state index contributed by atoms with van der Waals surface area (Å²) in [4.78, 5) is 24.4. The van der Waals surface area contributed by atoms with Crippen molar-refractivity contribution < 1.29 is 9.72 Å². The third-order valence-electron chi connectivity index (χ3n) is 2.36. The van der Waals surface area contributed by atoms with Crippen LogP contribution in [-0.4, -0.2) is 23.9 Å². The normalized spacial score (nSPS) is 9.47. The third-order valence-corrected chi connectivity index (χ3v) is 2.36. The molecule has 0 saturated carbocycles. The first-order valence-corrected chi connectivity index (χ1v) is 5.65. The molecule has 0 aliphatic carbocycles. The molecule has 0 aliphatic rings. The van der Waals surface area contributed by atoms with Gasteiger partial charge in [-0.3, -0.25) is 14.9 Å². The highest BCUT2D eigenvalue weighted by Crippen LogP contribution is 2.17. The number of rotatable bonds is 7. The summed E-state index contributed by atoms with van der Waals surface area (Å²) >= 11 is 0. The van der Waals surface area contributed by atoms with Gasteiger partial charge in [-0.05, 0) is 12.0 Å². The molecular weight excluding hydrogens is 250 g/mol. The monoisotopic (exact) mass is 263 g/mol. The number of carbonyl (C=O) groups is 1. The van der Waals surface area contributed by atoms with Gasteiger partial charge >= 0.3 is 0 Å². The van der Waals surface area contributed by atoms with Crippen LogP contribution in [0.4, 0.5) is 5.69 Å². The number of hydrogen-bond acceptors (Lipinski definition) is 4. The molecule has 1 aromatic rings. The number of nitrogens with zero attached hydrogens (tertiary/aromatic N) is 4. The molecule has 1 rings (SSSR count). The fraction of sp³-hybridized carbons (Fsp3) is 0.364. The average Bonchev–Trinajstić information content (AvgIpc) is 2.39. The molecule has 1 amide bonds. The molecule has 0 unspecified atom stereocenters. The van der Waals surface area contributed by atoms with Gasteiger partial charge in [0.05, 0.1) is 11.3 Å². The van der Waals surface area contributed by atoms with Crippen molar-refractivity contribution in [1.82, 2.24) is 5.32 Å². The van der Waals surface area contributed by atoms with E-state index in [9.17, 15) is 14.9 Å². The predicted molar refractivity (Wildman–Crippen MR) is 68.4 cm³/mol. The van der Waals surface area contributed by atoms with E-state index in [1.54, 1.807) is 18.2 Å². The van der Waals surface area contributed by atoms with E-state index in [2.05, 4.69) is 15.3 Å². The quantitative estimate of drug-likeness (QED) is 0.202. The number of azide groups is 1. The zero-order chi connectivity index (χ0) is 14.1. The number of para-hydroxylation sites is 1. The molecule has 0 bridgehead atoms. The second-order valence-corrected chi connectivity index (χ2v) is 3.72. The van der Waals surface area contributed by atoms with Gasteiger partial charge in [0.2, 0.25) is 5.91 Å². The van der Waals surface area contributed by atoms with Crippen LogP contribution in [0, 0.1) is 10.1 Å². The lowest BCUT2D eigenvalue weighted by atomic mass is 10.1. The van der Waals surface area contributed by atoms with E-state index in [1.165, 1.54) is 6.07 Å². The molecule has 1 N–H and O–H groups in total. The molecule has 0 saturated heterocycles. The Morgan fingerprint density at radius 2 is 2.21 bits per heavy atom. The van der Waals surface area contributed by atoms with Gasteiger partial charge in [-0.15, -0.1) is 0 Å². The molecular formula is C11H13N5O3. The molecule has 0 atom stereocenters. The molecule has 100 valence electrons. The lowest BCUT2D eigenvalue weighted by Gasteiger charge is -2.04. The number of benzene rings is 1. The minimum absolute atomic E-state index is 0.0430. The zero-order valence-electron chi connectivity index (χ0n) is 10.2. The SMILES string of the molecule is [N-]=[N+]=NCCCNC(=O)Cc1ccccc1[N+](=O)[O-]. The Bertz CT molecular complexity index is 511. The van der Waals surface area contributed by atoms with Crippen LogP contribution in [0.5, 0.6) is 0 Å². The number of nitro groups is 1. The largest absolute Gasteiger partial charge is 0.356 e. The summed E-state index contributed by atoms with van der Waals surface area (Å²) in [5, 5.41) is 16.7. The summed E-state index contributed by atoms with van der Waals surface area (Å²) in [6, 6.07) is 6.12. The van der Waals surface area contributed by atoms with Crippen molar-refractivity contribution in [3.63, 3.8) is 0 Å². The molecule has 0 aromatic heterocycles. The van der Waals surface area contributed by atoms with Crippen molar-refractivity contribution in [2.45, 2.75) is 12.8 Å². The Labute approximate surface area is 109 Å². The summed E-state index contributed by atoms with van der Waals surface area (Å²) < 4.78 is 0. The Morgan fingerprint density at radius 1 is 1.47 bits per heavy atom. The first kappa shape index (κ1) is 14.5. The van der Waals surface area contributed by atoms with Crippen LogP contribution in [0.2, 0.25) is 0 Å². The fourth-order valence-corrected chi connectivity index (χ4v) is 1.50. The third kappa shape index (κ3) is 5.05. The van der Waals surface area contributed by atoms with Crippen LogP contribution in [-0.2, 0) is 11.2 Å². The molecule has 0 radical (unpaired) electrons. The van der Waals surface area contributed by atoms with Crippen molar-refractivity contribution in [2.24, 2.45) is 5.11 Å². The maximum atomic E-state index is 11.6. The van der Waals surface area contributed by atoms with Crippen LogP contribution in [0.3, 0.4) is 0 Å². The molecule has 0 heterocycles. The topological polar surface area (TPSA) is 121 Å². The molecule has 1 aromatic carbocycles. The number of nitro benzene ring substituents is 1. The Morgan fingerprint density at radius 3 is 2.89 bits per heavy atom. The van der Waals surface area contributed by atoms with Crippen LogP contribution in [0.15, 0.2) is 29.4 Å². The van der Waals surface area contributed by atoms with Gasteiger partial charge < -0.3 is 5.32 Å². The van der Waals surface area contributed by atoms with Crippen molar-refractivity contribution in [3.05, 3.63) is 50.4 Å². The molecule has 0 aliphatic heterocycles. The Kier molecular flexibility index (Phi) is 5.84. The summed E-state index contributed by atoms with van der Waals surface area (Å²) in [6.45, 7) is 0.681. The maximum absolute atomic E-state index is 11.6. The van der Waals surface area contributed by atoms with Crippen LogP contribution in [0.1, 0.15) is 12.0 Å². The summed E-state index contributed by atoms with van der Waals surface area (Å²) in [6.07, 6.45) is 0.491. The maximum Gasteiger partial charge on any atom is 0.273 e. The van der Waals surface area contributed by atoms with E-state index in [0.717, 1.165) is 0 Å². The summed E-state index contributed by atoms with van der Waals surface area (Å²) in [7, 11) is 0. The van der Waals surface area contributed by atoms with Crippen LogP contribution in [0.25, 0.3) is 10.4 Å². The predicted octanol–water partition coefficient (Wildman–Crippen LogP) is 1.95. The smallest absolute Gasteiger partial charge is 0.273 e. The Hall–Kier alpha value is -2.60. The minimum Gasteiger partial charge on any atom is -0.356 e. The van der Waals surface area contributed by atoms with Crippen molar-refractivity contribution >= 4 is 11.6 Å². The number of hydrogen-bond donors (Lipinski definition) is 1. The van der Waals surface area contributed by atoms with Crippen LogP contribution < -0.4 is 5.32 Å². The van der Waals surface area contributed by atoms with Gasteiger partial charge in [-0.25, -0.2) is 0 Å². The lowest BCUT2D eigenvalue weighted by molar-refractivity contribution is -0.385. The van der Waals surface area contributed by atoms with Gasteiger partial charge in [-0.2, -0.15) is 0 Å². The van der Waals surface area contributed by atoms with Crippen molar-refractivity contribution in [2.75, 3.05) is 13.1 Å². The van der Waals surface area contributed by atoms with Gasteiger partial charge in [0.25, 0.3) is 5.69 Å². The average molecular weight is 263 g/mol. The van der Waals surface area contributed by atoms with Gasteiger partial charge in [0.15, 0.2) is 0 Å². The first-order chi connectivity index (χ1) is 9.15. The van der Waals surface area contributed by atoms with Gasteiger partial charge in [-0.1, -0.05) is 23.3 Å². The first-order valence-electron chi connectivity index (χ1n) is 5.65. The lowest BCUT2D eigenvalue weighted by Crippen LogP contribution is -2.26. The highest BCUT2D eigenvalue weighted by Gasteiger charge is 2.14. The van der Waals surface area contributed by atoms with E-state index in [-0.39, 0.29) is 18.0 Å². The van der Waals surface area contributed by atoms with Crippen molar-refractivity contribution in [3.8, 4) is 0 Å². The summed E-state index contributed by atoms with van der Waals surface area (Å²) in [5.41, 5.74) is 8.37. The van der Waals surface area contributed by atoms with E-state index in [0.29, 0.717) is 25.1 Å². The zero-order valence-corrected chi connectivity index (χ0v) is 10.2. The van der Waals surface area contributed by atoms with E-state index in [4.69, 9.17) is 5.53 Å². The number of amides is 1. The second kappa shape index (κ2) is 7.67. The summed E-state index contributed by atoms with van der Waals surface area (Å²) in [5.74, 6) is -0.296. The highest BCUT2D eigenvalue weighted by molar-refractivity contribution is 5.79. The second-order valence-electron chi connectivity index (χ2n) is 3.72. The Balaban J connectivity index is 2.48. The van der Waals surface area contributed by atoms with Crippen LogP contribution >= 0.6 is 0 Å².